The van der Waals surface area contributed by atoms with Gasteiger partial charge in [0, 0.05) is 25.0 Å². The van der Waals surface area contributed by atoms with Gasteiger partial charge in [-0.1, -0.05) is 6.07 Å². The van der Waals surface area contributed by atoms with Crippen LogP contribution in [0.1, 0.15) is 10.4 Å². The lowest BCUT2D eigenvalue weighted by Crippen LogP contribution is -2.38. The molecule has 0 bridgehead atoms. The number of benzene rings is 1. The van der Waals surface area contributed by atoms with Gasteiger partial charge in [0.05, 0.1) is 5.69 Å². The number of hydrogen-bond donors (Lipinski definition) is 0. The van der Waals surface area contributed by atoms with Gasteiger partial charge in [0.25, 0.3) is 15.9 Å². The fourth-order valence-electron chi connectivity index (χ4n) is 3.13. The van der Waals surface area contributed by atoms with E-state index in [4.69, 9.17) is 4.74 Å². The lowest BCUT2D eigenvalue weighted by Gasteiger charge is -2.27. The van der Waals surface area contributed by atoms with Crippen LogP contribution in [-0.2, 0) is 27.8 Å². The molecule has 0 atom stereocenters. The summed E-state index contributed by atoms with van der Waals surface area (Å²) in [6.45, 7) is 1.30. The lowest BCUT2D eigenvalue weighted by molar-refractivity contribution is -0.134. The number of amides is 1. The molecule has 3 heterocycles. The normalized spacial score (nSPS) is 13.8. The number of nitrogens with zero attached hydrogens (tertiary/aromatic N) is 2. The van der Waals surface area contributed by atoms with E-state index in [1.54, 1.807) is 53.1 Å². The van der Waals surface area contributed by atoms with Gasteiger partial charge in [-0.3, -0.25) is 9.10 Å². The Morgan fingerprint density at radius 3 is 2.66 bits per heavy atom. The Kier molecular flexibility index (Phi) is 5.62. The Hall–Kier alpha value is -2.36. The summed E-state index contributed by atoms with van der Waals surface area (Å²) >= 11 is 2.92. The van der Waals surface area contributed by atoms with Crippen LogP contribution in [0.3, 0.4) is 0 Å². The smallest absolute Gasteiger partial charge is 0.273 e. The molecule has 1 aliphatic rings. The molecule has 0 spiro atoms. The zero-order valence-corrected chi connectivity index (χ0v) is 18.2. The Bertz CT molecular complexity index is 1090. The van der Waals surface area contributed by atoms with E-state index in [9.17, 15) is 13.2 Å². The minimum absolute atomic E-state index is 0.0395. The van der Waals surface area contributed by atoms with E-state index in [2.05, 4.69) is 11.4 Å². The van der Waals surface area contributed by atoms with Crippen molar-refractivity contribution in [1.82, 2.24) is 4.90 Å². The second-order valence-corrected chi connectivity index (χ2v) is 10.8. The Morgan fingerprint density at radius 2 is 1.93 bits per heavy atom. The maximum Gasteiger partial charge on any atom is 0.273 e. The van der Waals surface area contributed by atoms with Crippen molar-refractivity contribution in [3.63, 3.8) is 0 Å². The molecule has 1 aromatic carbocycles. The van der Waals surface area contributed by atoms with Crippen LogP contribution in [0.25, 0.3) is 0 Å². The van der Waals surface area contributed by atoms with Gasteiger partial charge < -0.3 is 9.64 Å². The Balaban J connectivity index is 1.36. The summed E-state index contributed by atoms with van der Waals surface area (Å²) in [4.78, 5) is 15.6. The number of fused-ring (bicyclic) bond motifs is 1. The van der Waals surface area contributed by atoms with Crippen LogP contribution in [0.15, 0.2) is 57.4 Å². The third-order valence-corrected chi connectivity index (χ3v) is 9.01. The predicted molar refractivity (Wildman–Crippen MR) is 115 cm³/mol. The maximum absolute atomic E-state index is 12.6. The number of anilines is 1. The fraction of sp³-hybridized carbons (Fsp3) is 0.250. The number of rotatable bonds is 6. The van der Waals surface area contributed by atoms with Gasteiger partial charge in [-0.15, -0.1) is 22.7 Å². The van der Waals surface area contributed by atoms with E-state index in [-0.39, 0.29) is 12.5 Å². The van der Waals surface area contributed by atoms with Crippen molar-refractivity contribution in [2.75, 3.05) is 24.5 Å². The van der Waals surface area contributed by atoms with Gasteiger partial charge in [-0.25, -0.2) is 8.42 Å². The molecule has 152 valence electrons. The molecule has 0 unspecified atom stereocenters. The molecule has 6 nitrogen and oxygen atoms in total. The average Bonchev–Trinajstić information content (AvgIpc) is 3.43. The number of ether oxygens (including phenoxy) is 1. The average molecular weight is 449 g/mol. The summed E-state index contributed by atoms with van der Waals surface area (Å²) in [6.07, 6.45) is 0.887. The highest BCUT2D eigenvalue weighted by molar-refractivity contribution is 7.94. The lowest BCUT2D eigenvalue weighted by atomic mass is 10.1. The molecule has 0 saturated heterocycles. The largest absolute Gasteiger partial charge is 0.484 e. The maximum atomic E-state index is 12.6. The molecule has 2 aromatic heterocycles. The van der Waals surface area contributed by atoms with E-state index in [0.717, 1.165) is 6.42 Å². The highest BCUT2D eigenvalue weighted by Gasteiger charge is 2.23. The molecule has 9 heteroatoms. The summed E-state index contributed by atoms with van der Waals surface area (Å²) in [5.74, 6) is 0.473. The number of sulfonamides is 1. The molecule has 0 aliphatic carbocycles. The van der Waals surface area contributed by atoms with Crippen molar-refractivity contribution < 1.29 is 17.9 Å². The highest BCUT2D eigenvalue weighted by atomic mass is 32.2. The zero-order valence-electron chi connectivity index (χ0n) is 15.8. The van der Waals surface area contributed by atoms with Crippen molar-refractivity contribution >= 4 is 44.3 Å². The summed E-state index contributed by atoms with van der Waals surface area (Å²) in [7, 11) is -2.05. The van der Waals surface area contributed by atoms with Gasteiger partial charge in [0.2, 0.25) is 0 Å². The van der Waals surface area contributed by atoms with Gasteiger partial charge in [-0.2, -0.15) is 0 Å². The van der Waals surface area contributed by atoms with Crippen molar-refractivity contribution in [3.8, 4) is 5.75 Å². The topological polar surface area (TPSA) is 66.9 Å². The van der Waals surface area contributed by atoms with Crippen LogP contribution in [0.4, 0.5) is 5.69 Å². The van der Waals surface area contributed by atoms with Crippen molar-refractivity contribution in [3.05, 3.63) is 63.7 Å². The molecule has 0 N–H and O–H groups in total. The molecule has 29 heavy (non-hydrogen) atoms. The molecule has 0 saturated carbocycles. The molecular weight excluding hydrogens is 428 g/mol. The fourth-order valence-corrected chi connectivity index (χ4v) is 6.38. The SMILES string of the molecule is CN(c1ccc(OCC(=O)N2CCc3sccc3C2)cc1)S(=O)(=O)c1cccs1. The summed E-state index contributed by atoms with van der Waals surface area (Å²) < 4.78 is 32.3. The van der Waals surface area contributed by atoms with E-state index in [1.165, 1.54) is 33.1 Å². The van der Waals surface area contributed by atoms with E-state index < -0.39 is 10.0 Å². The van der Waals surface area contributed by atoms with Crippen LogP contribution < -0.4 is 9.04 Å². The van der Waals surface area contributed by atoms with Crippen LogP contribution in [0.5, 0.6) is 5.75 Å². The van der Waals surface area contributed by atoms with Crippen LogP contribution in [0.2, 0.25) is 0 Å². The summed E-state index contributed by atoms with van der Waals surface area (Å²) in [5, 5.41) is 3.79. The minimum atomic E-state index is -3.57. The van der Waals surface area contributed by atoms with Crippen molar-refractivity contribution in [2.45, 2.75) is 17.2 Å². The molecule has 3 aromatic rings. The third-order valence-electron chi connectivity index (χ3n) is 4.83. The Morgan fingerprint density at radius 1 is 1.14 bits per heavy atom. The number of carbonyl (C=O) groups excluding carboxylic acids is 1. The van der Waals surface area contributed by atoms with E-state index in [0.29, 0.717) is 28.7 Å². The predicted octanol–water partition coefficient (Wildman–Crippen LogP) is 3.60. The highest BCUT2D eigenvalue weighted by Crippen LogP contribution is 2.27. The van der Waals surface area contributed by atoms with Crippen LogP contribution >= 0.6 is 22.7 Å². The minimum Gasteiger partial charge on any atom is -0.484 e. The summed E-state index contributed by atoms with van der Waals surface area (Å²) in [6, 6.07) is 12.1. The first-order valence-corrected chi connectivity index (χ1v) is 12.2. The second kappa shape index (κ2) is 8.17. The summed E-state index contributed by atoms with van der Waals surface area (Å²) in [5.41, 5.74) is 1.74. The van der Waals surface area contributed by atoms with Crippen molar-refractivity contribution in [1.29, 1.82) is 0 Å². The number of thiophene rings is 2. The van der Waals surface area contributed by atoms with Crippen molar-refractivity contribution in [2.24, 2.45) is 0 Å². The van der Waals surface area contributed by atoms with E-state index in [1.807, 2.05) is 4.90 Å². The van der Waals surface area contributed by atoms with Gasteiger partial charge in [-0.05, 0) is 59.1 Å². The first-order valence-electron chi connectivity index (χ1n) is 9.03. The number of hydrogen-bond acceptors (Lipinski definition) is 6. The third kappa shape index (κ3) is 4.17. The first kappa shape index (κ1) is 19.9. The molecule has 0 radical (unpaired) electrons. The standard InChI is InChI=1S/C20H20N2O4S3/c1-21(29(24,25)20-3-2-11-28-20)16-4-6-17(7-5-16)26-14-19(23)22-10-8-18-15(13-22)9-12-27-18/h2-7,9,11-12H,8,10,13-14H2,1H3. The molecule has 4 rings (SSSR count). The molecule has 1 aliphatic heterocycles. The quantitative estimate of drug-likeness (QED) is 0.578. The number of carbonyl (C=O) groups is 1. The molecule has 1 amide bonds. The van der Waals surface area contributed by atoms with Gasteiger partial charge in [0.1, 0.15) is 9.96 Å². The zero-order chi connectivity index (χ0) is 20.4. The van der Waals surface area contributed by atoms with Gasteiger partial charge in [0.15, 0.2) is 6.61 Å². The van der Waals surface area contributed by atoms with Crippen LogP contribution in [0, 0.1) is 0 Å². The van der Waals surface area contributed by atoms with E-state index >= 15 is 0 Å². The van der Waals surface area contributed by atoms with Crippen LogP contribution in [-0.4, -0.2) is 39.4 Å². The first-order chi connectivity index (χ1) is 13.9. The monoisotopic (exact) mass is 448 g/mol. The second-order valence-electron chi connectivity index (χ2n) is 6.62. The molecular formula is C20H20N2O4S3. The Labute approximate surface area is 178 Å². The molecule has 0 fully saturated rings. The van der Waals surface area contributed by atoms with Gasteiger partial charge >= 0.3 is 0 Å².